The van der Waals surface area contributed by atoms with Crippen LogP contribution in [0.5, 0.6) is 0 Å². The van der Waals surface area contributed by atoms with Crippen LogP contribution in [0.25, 0.3) is 0 Å². The van der Waals surface area contributed by atoms with Crippen LogP contribution in [-0.2, 0) is 11.2 Å². The van der Waals surface area contributed by atoms with E-state index in [-0.39, 0.29) is 17.4 Å². The number of hydrogen-bond acceptors (Lipinski definition) is 3. The Bertz CT molecular complexity index is 780. The van der Waals surface area contributed by atoms with E-state index in [9.17, 15) is 9.59 Å². The summed E-state index contributed by atoms with van der Waals surface area (Å²) in [6.45, 7) is 0. The highest BCUT2D eigenvalue weighted by Crippen LogP contribution is 2.16. The van der Waals surface area contributed by atoms with Gasteiger partial charge in [-0.15, -0.1) is 0 Å². The molecule has 0 spiro atoms. The molecule has 0 aromatic heterocycles. The summed E-state index contributed by atoms with van der Waals surface area (Å²) >= 11 is 11.1. The molecule has 0 aliphatic rings. The lowest BCUT2D eigenvalue weighted by Gasteiger charge is -2.10. The van der Waals surface area contributed by atoms with Gasteiger partial charge in [-0.3, -0.25) is 9.59 Å². The molecule has 0 aliphatic heterocycles. The number of amides is 2. The monoisotopic (exact) mass is 361 g/mol. The zero-order chi connectivity index (χ0) is 17.5. The lowest BCUT2D eigenvalue weighted by atomic mass is 10.1. The van der Waals surface area contributed by atoms with E-state index in [0.29, 0.717) is 22.7 Å². The second kappa shape index (κ2) is 8.42. The van der Waals surface area contributed by atoms with Crippen LogP contribution in [-0.4, -0.2) is 16.9 Å². The number of hydrogen-bond donors (Lipinski definition) is 3. The third-order valence-electron chi connectivity index (χ3n) is 3.24. The minimum atomic E-state index is -0.534. The Morgan fingerprint density at radius 2 is 1.88 bits per heavy atom. The molecule has 2 amide bonds. The maximum Gasteiger partial charge on any atom is 0.248 e. The molecule has 0 heterocycles. The van der Waals surface area contributed by atoms with Gasteiger partial charge in [0.15, 0.2) is 5.11 Å². The molecular weight excluding hydrogens is 346 g/mol. The van der Waals surface area contributed by atoms with Gasteiger partial charge >= 0.3 is 0 Å². The molecule has 2 aromatic rings. The van der Waals surface area contributed by atoms with Gasteiger partial charge in [0.1, 0.15) is 0 Å². The third kappa shape index (κ3) is 5.33. The number of halogens is 1. The number of rotatable bonds is 5. The highest BCUT2D eigenvalue weighted by atomic mass is 35.5. The first kappa shape index (κ1) is 17.9. The molecule has 5 nitrogen and oxygen atoms in total. The van der Waals surface area contributed by atoms with Crippen molar-refractivity contribution in [3.8, 4) is 0 Å². The Hall–Kier alpha value is -2.44. The second-order valence-corrected chi connectivity index (χ2v) is 5.85. The molecule has 0 bridgehead atoms. The maximum absolute atomic E-state index is 11.9. The number of thiocarbonyl (C=S) groups is 1. The Balaban J connectivity index is 1.86. The Labute approximate surface area is 150 Å². The van der Waals surface area contributed by atoms with Crippen LogP contribution in [0.15, 0.2) is 48.5 Å². The van der Waals surface area contributed by atoms with Crippen LogP contribution >= 0.6 is 23.8 Å². The quantitative estimate of drug-likeness (QED) is 0.715. The highest BCUT2D eigenvalue weighted by Gasteiger charge is 2.08. The number of benzene rings is 2. The van der Waals surface area contributed by atoms with Gasteiger partial charge in [-0.05, 0) is 48.5 Å². The number of aryl methyl sites for hydroxylation is 1. The van der Waals surface area contributed by atoms with Crippen LogP contribution in [0.3, 0.4) is 0 Å². The summed E-state index contributed by atoms with van der Waals surface area (Å²) in [5, 5.41) is 6.22. The standard InChI is InChI=1S/C17H16ClN3O2S/c18-14-7-2-1-4-11(14)8-9-15(22)21-17(24)20-13-6-3-5-12(10-13)16(19)23/h1-7,10H,8-9H2,(H2,19,23)(H2,20,21,22,24). The molecule has 24 heavy (non-hydrogen) atoms. The zero-order valence-corrected chi connectivity index (χ0v) is 14.3. The molecule has 0 radical (unpaired) electrons. The molecule has 124 valence electrons. The molecule has 0 saturated heterocycles. The van der Waals surface area contributed by atoms with Gasteiger partial charge in [0.2, 0.25) is 11.8 Å². The SMILES string of the molecule is NC(=O)c1cccc(NC(=S)NC(=O)CCc2ccccc2Cl)c1. The van der Waals surface area contributed by atoms with Crippen molar-refractivity contribution < 1.29 is 9.59 Å². The van der Waals surface area contributed by atoms with Gasteiger partial charge in [0.25, 0.3) is 0 Å². The fraction of sp³-hybridized carbons (Fsp3) is 0.118. The van der Waals surface area contributed by atoms with Crippen molar-refractivity contribution >= 4 is 46.4 Å². The topological polar surface area (TPSA) is 84.2 Å². The smallest absolute Gasteiger partial charge is 0.248 e. The molecule has 4 N–H and O–H groups in total. The number of nitrogens with one attached hydrogen (secondary N) is 2. The largest absolute Gasteiger partial charge is 0.366 e. The predicted octanol–water partition coefficient (Wildman–Crippen LogP) is 2.88. The van der Waals surface area contributed by atoms with E-state index in [1.165, 1.54) is 0 Å². The van der Waals surface area contributed by atoms with E-state index in [1.807, 2.05) is 18.2 Å². The van der Waals surface area contributed by atoms with E-state index in [2.05, 4.69) is 10.6 Å². The van der Waals surface area contributed by atoms with Crippen molar-refractivity contribution in [2.75, 3.05) is 5.32 Å². The number of carbonyl (C=O) groups excluding carboxylic acids is 2. The van der Waals surface area contributed by atoms with Crippen molar-refractivity contribution in [3.05, 3.63) is 64.7 Å². The minimum absolute atomic E-state index is 0.153. The molecule has 0 saturated carbocycles. The van der Waals surface area contributed by atoms with Crippen LogP contribution in [0.2, 0.25) is 5.02 Å². The Morgan fingerprint density at radius 1 is 1.12 bits per heavy atom. The van der Waals surface area contributed by atoms with Gasteiger partial charge in [-0.2, -0.15) is 0 Å². The van der Waals surface area contributed by atoms with Gasteiger partial charge in [-0.1, -0.05) is 35.9 Å². The van der Waals surface area contributed by atoms with E-state index in [0.717, 1.165) is 5.56 Å². The van der Waals surface area contributed by atoms with Crippen molar-refractivity contribution in [3.63, 3.8) is 0 Å². The van der Waals surface area contributed by atoms with Crippen LogP contribution in [0, 0.1) is 0 Å². The fourth-order valence-electron chi connectivity index (χ4n) is 2.05. The number of carbonyl (C=O) groups is 2. The summed E-state index contributed by atoms with van der Waals surface area (Å²) in [5.41, 5.74) is 7.05. The molecular formula is C17H16ClN3O2S. The van der Waals surface area contributed by atoms with Crippen molar-refractivity contribution in [1.29, 1.82) is 0 Å². The Kier molecular flexibility index (Phi) is 6.28. The zero-order valence-electron chi connectivity index (χ0n) is 12.7. The normalized spacial score (nSPS) is 10.0. The molecule has 2 rings (SSSR count). The average molecular weight is 362 g/mol. The molecule has 0 atom stereocenters. The van der Waals surface area contributed by atoms with Gasteiger partial charge in [-0.25, -0.2) is 0 Å². The molecule has 0 unspecified atom stereocenters. The maximum atomic E-state index is 11.9. The van der Waals surface area contributed by atoms with E-state index < -0.39 is 5.91 Å². The van der Waals surface area contributed by atoms with Crippen molar-refractivity contribution in [1.82, 2.24) is 5.32 Å². The summed E-state index contributed by atoms with van der Waals surface area (Å²) in [6, 6.07) is 13.9. The first-order valence-corrected chi connectivity index (χ1v) is 7.98. The summed E-state index contributed by atoms with van der Waals surface area (Å²) in [7, 11) is 0. The first-order valence-electron chi connectivity index (χ1n) is 7.20. The van der Waals surface area contributed by atoms with Crippen molar-refractivity contribution in [2.45, 2.75) is 12.8 Å². The molecule has 7 heteroatoms. The van der Waals surface area contributed by atoms with Crippen LogP contribution < -0.4 is 16.4 Å². The lowest BCUT2D eigenvalue weighted by molar-refractivity contribution is -0.119. The van der Waals surface area contributed by atoms with Gasteiger partial charge < -0.3 is 16.4 Å². The van der Waals surface area contributed by atoms with E-state index in [1.54, 1.807) is 30.3 Å². The summed E-state index contributed by atoms with van der Waals surface area (Å²) in [6.07, 6.45) is 0.776. The minimum Gasteiger partial charge on any atom is -0.366 e. The average Bonchev–Trinajstić information content (AvgIpc) is 2.54. The van der Waals surface area contributed by atoms with Gasteiger partial charge in [0, 0.05) is 22.7 Å². The fourth-order valence-corrected chi connectivity index (χ4v) is 2.51. The van der Waals surface area contributed by atoms with E-state index in [4.69, 9.17) is 29.6 Å². The van der Waals surface area contributed by atoms with Gasteiger partial charge in [0.05, 0.1) is 0 Å². The number of primary amides is 1. The van der Waals surface area contributed by atoms with Crippen LogP contribution in [0.4, 0.5) is 5.69 Å². The number of nitrogens with two attached hydrogens (primary N) is 1. The van der Waals surface area contributed by atoms with Crippen molar-refractivity contribution in [2.24, 2.45) is 5.73 Å². The van der Waals surface area contributed by atoms with E-state index >= 15 is 0 Å². The Morgan fingerprint density at radius 3 is 2.58 bits per heavy atom. The first-order chi connectivity index (χ1) is 11.5. The highest BCUT2D eigenvalue weighted by molar-refractivity contribution is 7.80. The third-order valence-corrected chi connectivity index (χ3v) is 3.81. The second-order valence-electron chi connectivity index (χ2n) is 5.04. The summed E-state index contributed by atoms with van der Waals surface area (Å²) < 4.78 is 0. The molecule has 0 aliphatic carbocycles. The predicted molar refractivity (Wildman–Crippen MR) is 99.1 cm³/mol. The lowest BCUT2D eigenvalue weighted by Crippen LogP contribution is -2.34. The summed E-state index contributed by atoms with van der Waals surface area (Å²) in [5.74, 6) is -0.758. The molecule has 0 fully saturated rings. The van der Waals surface area contributed by atoms with Crippen LogP contribution in [0.1, 0.15) is 22.3 Å². The number of anilines is 1. The summed E-state index contributed by atoms with van der Waals surface area (Å²) in [4.78, 5) is 23.1. The molecule has 2 aromatic carbocycles.